The Morgan fingerprint density at radius 3 is 1.89 bits per heavy atom. The van der Waals surface area contributed by atoms with Crippen molar-refractivity contribution in [3.05, 3.63) is 127 Å². The third-order valence-corrected chi connectivity index (χ3v) is 9.69. The summed E-state index contributed by atoms with van der Waals surface area (Å²) in [4.78, 5) is 35.2. The number of fused-ring (bicyclic) bond motifs is 4. The highest BCUT2D eigenvalue weighted by Crippen LogP contribution is 2.33. The van der Waals surface area contributed by atoms with E-state index in [1.54, 1.807) is 114 Å². The lowest BCUT2D eigenvalue weighted by Gasteiger charge is -2.36. The lowest BCUT2D eigenvalue weighted by molar-refractivity contribution is -0.0462. The van der Waals surface area contributed by atoms with Gasteiger partial charge in [0.05, 0.1) is 24.7 Å². The van der Waals surface area contributed by atoms with E-state index in [1.165, 1.54) is 31.8 Å². The van der Waals surface area contributed by atoms with Crippen LogP contribution in [0.25, 0.3) is 6.08 Å². The summed E-state index contributed by atoms with van der Waals surface area (Å²) >= 11 is 0. The first kappa shape index (κ1) is 46.5. The molecular formula is C44H58N2O11. The Morgan fingerprint density at radius 2 is 1.30 bits per heavy atom. The predicted octanol–water partition coefficient (Wildman–Crippen LogP) is 6.86. The molecule has 0 spiro atoms. The first-order valence-electron chi connectivity index (χ1n) is 18.9. The molecule has 2 aromatic heterocycles. The Labute approximate surface area is 335 Å². The van der Waals surface area contributed by atoms with Gasteiger partial charge in [-0.2, -0.15) is 0 Å². The lowest BCUT2D eigenvalue weighted by Crippen LogP contribution is -2.42. The third-order valence-electron chi connectivity index (χ3n) is 9.69. The van der Waals surface area contributed by atoms with Crippen LogP contribution >= 0.6 is 0 Å². The fourth-order valence-electron chi connectivity index (χ4n) is 5.68. The van der Waals surface area contributed by atoms with E-state index in [2.05, 4.69) is 9.97 Å². The number of aromatic nitrogens is 2. The van der Waals surface area contributed by atoms with Crippen LogP contribution in [0.2, 0.25) is 0 Å². The van der Waals surface area contributed by atoms with E-state index in [-0.39, 0.29) is 36.0 Å². The van der Waals surface area contributed by atoms with E-state index in [9.17, 15) is 24.9 Å². The van der Waals surface area contributed by atoms with Gasteiger partial charge in [-0.1, -0.05) is 119 Å². The summed E-state index contributed by atoms with van der Waals surface area (Å²) in [7, 11) is 2.99. The van der Waals surface area contributed by atoms with Gasteiger partial charge >= 0.3 is 11.9 Å². The van der Waals surface area contributed by atoms with E-state index < -0.39 is 65.5 Å². The fourth-order valence-corrected chi connectivity index (χ4v) is 5.68. The quantitative estimate of drug-likeness (QED) is 0.186. The molecule has 7 atom stereocenters. The molecule has 0 saturated carbocycles. The number of hydrogen-bond donors (Lipinski definition) is 3. The van der Waals surface area contributed by atoms with Crippen LogP contribution in [0.1, 0.15) is 87.1 Å². The van der Waals surface area contributed by atoms with E-state index >= 15 is 0 Å². The molecule has 3 rings (SSSR count). The van der Waals surface area contributed by atoms with Crippen molar-refractivity contribution in [2.45, 2.75) is 104 Å². The largest absolute Gasteiger partial charge is 0.457 e. The van der Waals surface area contributed by atoms with E-state index in [0.717, 1.165) is 0 Å². The van der Waals surface area contributed by atoms with Gasteiger partial charge in [0.1, 0.15) is 36.9 Å². The van der Waals surface area contributed by atoms with Gasteiger partial charge in [-0.3, -0.25) is 0 Å². The highest BCUT2D eigenvalue weighted by Gasteiger charge is 2.39. The molecular weight excluding hydrogens is 732 g/mol. The molecule has 0 amide bonds. The number of rotatable bonds is 8. The van der Waals surface area contributed by atoms with Gasteiger partial charge in [-0.25, -0.2) is 19.6 Å². The lowest BCUT2D eigenvalue weighted by atomic mass is 9.79. The molecule has 13 heteroatoms. The molecule has 3 heterocycles. The molecule has 3 N–H and O–H groups in total. The summed E-state index contributed by atoms with van der Waals surface area (Å²) in [5, 5.41) is 32.8. The summed E-state index contributed by atoms with van der Waals surface area (Å²) in [5.74, 6) is -1.04. The molecule has 13 nitrogen and oxygen atoms in total. The van der Waals surface area contributed by atoms with Crippen molar-refractivity contribution in [3.8, 4) is 0 Å². The van der Waals surface area contributed by atoms with Gasteiger partial charge in [0, 0.05) is 44.0 Å². The van der Waals surface area contributed by atoms with E-state index in [4.69, 9.17) is 27.8 Å². The maximum Gasteiger partial charge on any atom is 0.360 e. The molecule has 57 heavy (non-hydrogen) atoms. The predicted molar refractivity (Wildman–Crippen MR) is 216 cm³/mol. The Kier molecular flexibility index (Phi) is 18.5. The Hall–Kier alpha value is -4.92. The molecule has 1 aliphatic rings. The molecule has 0 aromatic carbocycles. The maximum absolute atomic E-state index is 13.4. The number of hydrogen-bond acceptors (Lipinski definition) is 13. The fraction of sp³-hybridized carbons (Fsp3) is 0.455. The molecule has 1 unspecified atom stereocenters. The number of oxazole rings is 2. The second-order valence-electron chi connectivity index (χ2n) is 14.6. The Morgan fingerprint density at radius 1 is 0.737 bits per heavy atom. The highest BCUT2D eigenvalue weighted by molar-refractivity contribution is 5.87. The molecule has 0 saturated heterocycles. The summed E-state index contributed by atoms with van der Waals surface area (Å²) < 4.78 is 34.0. The van der Waals surface area contributed by atoms with Gasteiger partial charge in [0.25, 0.3) is 0 Å². The molecule has 4 bridgehead atoms. The van der Waals surface area contributed by atoms with Crippen molar-refractivity contribution in [3.63, 3.8) is 0 Å². The topological polar surface area (TPSA) is 184 Å². The van der Waals surface area contributed by atoms with Gasteiger partial charge in [0.2, 0.25) is 5.89 Å². The highest BCUT2D eigenvalue weighted by atomic mass is 16.6. The number of aliphatic hydroxyl groups is 3. The van der Waals surface area contributed by atoms with Gasteiger partial charge < -0.3 is 43.1 Å². The van der Waals surface area contributed by atoms with Gasteiger partial charge in [0.15, 0.2) is 17.3 Å². The van der Waals surface area contributed by atoms with Crippen LogP contribution in [-0.2, 0) is 25.4 Å². The number of carbonyl (C=O) groups is 2. The van der Waals surface area contributed by atoms with Crippen LogP contribution in [0.15, 0.2) is 113 Å². The number of carbonyl (C=O) groups excluding carboxylic acids is 2. The summed E-state index contributed by atoms with van der Waals surface area (Å²) in [6.07, 6.45) is 24.5. The number of ether oxygens (including phenoxy) is 4. The first-order valence-corrected chi connectivity index (χ1v) is 18.9. The molecule has 1 aliphatic heterocycles. The summed E-state index contributed by atoms with van der Waals surface area (Å²) in [5.41, 5.74) is -1.88. The van der Waals surface area contributed by atoms with Crippen LogP contribution in [0.3, 0.4) is 0 Å². The van der Waals surface area contributed by atoms with Gasteiger partial charge in [-0.05, 0) is 13.8 Å². The van der Waals surface area contributed by atoms with Crippen LogP contribution in [0.4, 0.5) is 0 Å². The number of methoxy groups -OCH3 is 2. The minimum Gasteiger partial charge on any atom is -0.457 e. The second-order valence-corrected chi connectivity index (χ2v) is 14.6. The van der Waals surface area contributed by atoms with Crippen molar-refractivity contribution < 1.29 is 52.7 Å². The zero-order valence-corrected chi connectivity index (χ0v) is 34.1. The van der Waals surface area contributed by atoms with Crippen molar-refractivity contribution in [2.24, 2.45) is 10.8 Å². The zero-order valence-electron chi connectivity index (χ0n) is 34.1. The molecule has 310 valence electrons. The minimum absolute atomic E-state index is 0.0389. The third kappa shape index (κ3) is 13.9. The summed E-state index contributed by atoms with van der Waals surface area (Å²) in [6, 6.07) is 0. The smallest absolute Gasteiger partial charge is 0.360 e. The molecule has 2 aromatic rings. The van der Waals surface area contributed by atoms with Crippen molar-refractivity contribution in [2.75, 3.05) is 14.2 Å². The Balaban J connectivity index is 1.96. The molecule has 0 radical (unpaired) electrons. The first-order chi connectivity index (χ1) is 27.2. The van der Waals surface area contributed by atoms with Crippen molar-refractivity contribution in [1.29, 1.82) is 0 Å². The molecule has 0 fully saturated rings. The maximum atomic E-state index is 13.4. The minimum atomic E-state index is -1.09. The van der Waals surface area contributed by atoms with E-state index in [0.29, 0.717) is 6.42 Å². The average Bonchev–Trinajstić information content (AvgIpc) is 3.86. The number of aliphatic hydroxyl groups excluding tert-OH is 3. The average molecular weight is 791 g/mol. The SMILES string of the molecule is C/C=C/[C@H](O)C(C)(C)[C@@H]1C\C=C/C=C\C=C\[C@H](OC)Cc2nc(co2)C(=O)O[C@H](C(C)(C)[C@@H](O)/C=C/C)C/C=C\[C@@H](O)C(OC)/C=C/C=C\c2nc(co2)C(=O)O1. The van der Waals surface area contributed by atoms with Crippen molar-refractivity contribution >= 4 is 18.0 Å². The van der Waals surface area contributed by atoms with Gasteiger partial charge in [-0.15, -0.1) is 0 Å². The van der Waals surface area contributed by atoms with Crippen LogP contribution in [-0.4, -0.2) is 94.2 Å². The van der Waals surface area contributed by atoms with Crippen LogP contribution in [0.5, 0.6) is 0 Å². The number of allylic oxidation sites excluding steroid dienone is 8. The van der Waals surface area contributed by atoms with E-state index in [1.807, 2.05) is 19.9 Å². The summed E-state index contributed by atoms with van der Waals surface area (Å²) in [6.45, 7) is 10.8. The Bertz CT molecular complexity index is 1810. The van der Waals surface area contributed by atoms with Crippen LogP contribution < -0.4 is 0 Å². The van der Waals surface area contributed by atoms with Crippen molar-refractivity contribution in [1.82, 2.24) is 9.97 Å². The standard InChI is InChI=1S/C44H58N2O11/c1-9-19-35(48)43(3,4)37-24-15-13-11-12-14-21-30(52-7)27-40-46-32(29-55-40)42(51)57-38(44(5,6)36(49)20-10-2)25-18-22-33(47)34(53-8)23-16-17-26-39-45-31(28-54-39)41(50)56-37/h9-23,26,28-30,33-38,47-49H,24-25,27H2,1-8H3/b12-11-,15-13-,19-9+,20-10+,21-14+,22-18-,23-16+,26-17-/t30-,33+,34?,35-,36-,37-,38-/m0/s1. The van der Waals surface area contributed by atoms with Crippen LogP contribution in [0, 0.1) is 10.8 Å². The normalized spacial score (nSPS) is 27.2. The monoisotopic (exact) mass is 790 g/mol. The number of esters is 2. The number of nitrogens with zero attached hydrogens (tertiary/aromatic N) is 2. The second kappa shape index (κ2) is 22.7. The molecule has 0 aliphatic carbocycles. The number of cyclic esters (lactones) is 2. The zero-order chi connectivity index (χ0) is 42.0.